The molecule has 2 aromatic rings. The van der Waals surface area contributed by atoms with Gasteiger partial charge in [-0.1, -0.05) is 115 Å². The van der Waals surface area contributed by atoms with Crippen LogP contribution in [-0.4, -0.2) is 3.26 Å². The molecule has 3 heteroatoms. The number of benzene rings is 2. The van der Waals surface area contributed by atoms with Crippen molar-refractivity contribution >= 4 is 3.26 Å². The van der Waals surface area contributed by atoms with Gasteiger partial charge in [0.05, 0.1) is 0 Å². The topological polar surface area (TPSA) is 0 Å². The van der Waals surface area contributed by atoms with Crippen molar-refractivity contribution in [1.29, 1.82) is 0 Å². The van der Waals surface area contributed by atoms with Crippen LogP contribution in [0.3, 0.4) is 0 Å². The third-order valence-corrected chi connectivity index (χ3v) is 18.8. The fourth-order valence-corrected chi connectivity index (χ4v) is 13.4. The first-order valence-electron chi connectivity index (χ1n) is 21.6. The van der Waals surface area contributed by atoms with E-state index in [1.54, 1.807) is 0 Å². The van der Waals surface area contributed by atoms with Crippen LogP contribution in [0, 0.1) is 56.3 Å². The number of fused-ring (bicyclic) bond motifs is 8. The molecule has 2 aromatic carbocycles. The molecule has 0 aromatic heterocycles. The van der Waals surface area contributed by atoms with Crippen LogP contribution >= 0.6 is 0 Å². The number of unbranched alkanes of at least 4 members (excludes halogenated alkanes) is 2. The normalized spacial score (nSPS) is 35.1. The number of rotatable bonds is 8. The van der Waals surface area contributed by atoms with E-state index in [1.165, 1.54) is 69.6 Å². The largest absolute Gasteiger partial charge is 1.00 e. The molecule has 308 valence electrons. The Bertz CT molecular complexity index is 1940. The number of hydrogen-bond donors (Lipinski definition) is 0. The first-order chi connectivity index (χ1) is 26.6. The summed E-state index contributed by atoms with van der Waals surface area (Å²) in [5.74, 6) is 0.460. The van der Waals surface area contributed by atoms with Gasteiger partial charge in [0.1, 0.15) is 0 Å². The van der Waals surface area contributed by atoms with Crippen molar-refractivity contribution in [2.24, 2.45) is 43.8 Å². The first kappa shape index (κ1) is 48.3. The number of hydrogen-bond acceptors (Lipinski definition) is 0. The van der Waals surface area contributed by atoms with Gasteiger partial charge in [-0.25, -0.2) is 12.2 Å². The molecular weight excluding hydrogens is 910 g/mol. The zero-order chi connectivity index (χ0) is 40.5. The second kappa shape index (κ2) is 18.7. The molecule has 6 aliphatic carbocycles. The van der Waals surface area contributed by atoms with Gasteiger partial charge in [-0.2, -0.15) is 6.08 Å². The van der Waals surface area contributed by atoms with Gasteiger partial charge in [0, 0.05) is 10.8 Å². The van der Waals surface area contributed by atoms with Crippen molar-refractivity contribution in [3.05, 3.63) is 174 Å². The molecule has 0 saturated heterocycles. The standard InChI is InChI=1S/C29H37.C21H26.C5H5.2ClH.Hf/c1-21-14-13-15-22-20-27(6)25(4)18-10-9-16-23(25,2)24(3)17-11-12-19-26(24,5)29(27,8)28(21,22)7;1-3-5-7-18-9-13-20(14-10-18)17-21-15-11-19(12-16-21)8-6-4-2;1-2-4-5-3-1;;;/h9-20,22H,1-8H3;9-16H,3-8H2,1-2H3;1-3H,4H2;2*1H;/q-1;;-1;;;+2/p-2. The van der Waals surface area contributed by atoms with Gasteiger partial charge in [0.15, 0.2) is 0 Å². The molecule has 8 atom stereocenters. The van der Waals surface area contributed by atoms with E-state index in [9.17, 15) is 0 Å². The second-order valence-corrected chi connectivity index (χ2v) is 20.5. The molecule has 8 unspecified atom stereocenters. The third-order valence-electron chi connectivity index (χ3n) is 16.7. The van der Waals surface area contributed by atoms with Gasteiger partial charge >= 0.3 is 150 Å². The summed E-state index contributed by atoms with van der Waals surface area (Å²) >= 11 is 1.08. The van der Waals surface area contributed by atoms with Crippen molar-refractivity contribution in [2.75, 3.05) is 0 Å². The Morgan fingerprint density at radius 2 is 1.12 bits per heavy atom. The molecule has 0 nitrogen and oxygen atoms in total. The first-order valence-corrected chi connectivity index (χ1v) is 23.4. The zero-order valence-electron chi connectivity index (χ0n) is 37.1. The Kier molecular flexibility index (Phi) is 15.6. The number of halogens is 2. The Hall–Kier alpha value is -2.32. The average Bonchev–Trinajstić information content (AvgIpc) is 3.86. The van der Waals surface area contributed by atoms with Crippen LogP contribution in [0.5, 0.6) is 0 Å². The van der Waals surface area contributed by atoms with Crippen LogP contribution in [0.2, 0.25) is 0 Å². The fraction of sp³-hybridized carbons (Fsp3) is 0.455. The van der Waals surface area contributed by atoms with Crippen LogP contribution in [0.25, 0.3) is 0 Å². The van der Waals surface area contributed by atoms with Crippen molar-refractivity contribution < 1.29 is 48.7 Å². The summed E-state index contributed by atoms with van der Waals surface area (Å²) in [7, 11) is 0. The minimum Gasteiger partial charge on any atom is -1.00 e. The van der Waals surface area contributed by atoms with Gasteiger partial charge < -0.3 is 31.2 Å². The maximum atomic E-state index is 2.99. The fourth-order valence-electron chi connectivity index (χ4n) is 12.2. The van der Waals surface area contributed by atoms with E-state index in [2.05, 4.69) is 203 Å². The SMILES string of the molecule is CC1=CC=CC2[CH-]C3(C)C4(C)C=CC=CC4(C)C4(C)C=CC=CC4(C)C3(C)C12C.CCCCc1ccc([C](=[Hf+2])c2ccc(CCCC)cc2)cc1.[C-]1=CC=CC1.[Cl-].[Cl-]. The Balaban J connectivity index is 0.000000228. The third kappa shape index (κ3) is 7.32. The molecule has 6 aliphatic rings. The van der Waals surface area contributed by atoms with Crippen LogP contribution in [0.15, 0.2) is 139 Å². The molecule has 8 rings (SSSR count). The summed E-state index contributed by atoms with van der Waals surface area (Å²) in [4.78, 5) is 0. The van der Waals surface area contributed by atoms with E-state index in [1.807, 2.05) is 12.2 Å². The van der Waals surface area contributed by atoms with Gasteiger partial charge in [-0.3, -0.25) is 6.08 Å². The Morgan fingerprint density at radius 1 is 0.655 bits per heavy atom. The molecule has 0 aliphatic heterocycles. The van der Waals surface area contributed by atoms with Gasteiger partial charge in [-0.05, 0) is 28.6 Å². The second-order valence-electron chi connectivity index (χ2n) is 18.7. The molecule has 0 amide bonds. The minimum absolute atomic E-state index is 0. The van der Waals surface area contributed by atoms with Gasteiger partial charge in [0.2, 0.25) is 0 Å². The molecule has 0 spiro atoms. The van der Waals surface area contributed by atoms with Crippen LogP contribution in [-0.2, 0) is 36.7 Å². The molecule has 0 N–H and O–H groups in total. The van der Waals surface area contributed by atoms with Crippen LogP contribution in [0.4, 0.5) is 0 Å². The molecule has 58 heavy (non-hydrogen) atoms. The summed E-state index contributed by atoms with van der Waals surface area (Å²) in [6.45, 7) is 24.8. The van der Waals surface area contributed by atoms with E-state index < -0.39 is 0 Å². The summed E-state index contributed by atoms with van der Waals surface area (Å²) in [6, 6.07) is 18.4. The summed E-state index contributed by atoms with van der Waals surface area (Å²) in [5.41, 5.74) is 7.46. The molecular formula is C55H68Cl2Hf-2. The van der Waals surface area contributed by atoms with Gasteiger partial charge in [-0.15, -0.1) is 23.8 Å². The number of allylic oxidation sites excluding steroid dienone is 16. The van der Waals surface area contributed by atoms with Crippen molar-refractivity contribution in [2.45, 2.75) is 114 Å². The smallest absolute Gasteiger partial charge is 0.109 e. The molecule has 2 saturated carbocycles. The predicted octanol–water partition coefficient (Wildman–Crippen LogP) is 8.45. The van der Waals surface area contributed by atoms with E-state index in [4.69, 9.17) is 0 Å². The van der Waals surface area contributed by atoms with Crippen LogP contribution < -0.4 is 24.8 Å². The van der Waals surface area contributed by atoms with E-state index in [0.29, 0.717) is 5.92 Å². The minimum atomic E-state index is 0. The quantitative estimate of drug-likeness (QED) is 0.184. The summed E-state index contributed by atoms with van der Waals surface area (Å²) in [6.07, 6.45) is 46.8. The average molecular weight is 979 g/mol. The number of aryl methyl sites for hydroxylation is 2. The molecule has 0 radical (unpaired) electrons. The van der Waals surface area contributed by atoms with E-state index >= 15 is 0 Å². The van der Waals surface area contributed by atoms with Crippen molar-refractivity contribution in [1.82, 2.24) is 0 Å². The predicted molar refractivity (Wildman–Crippen MR) is 239 cm³/mol. The summed E-state index contributed by atoms with van der Waals surface area (Å²) in [5, 5.41) is 0. The van der Waals surface area contributed by atoms with Crippen molar-refractivity contribution in [3.63, 3.8) is 0 Å². The maximum absolute atomic E-state index is 2.99. The molecule has 2 fully saturated rings. The van der Waals surface area contributed by atoms with Crippen molar-refractivity contribution in [3.8, 4) is 0 Å². The maximum Gasteiger partial charge on any atom is -0.109 e. The molecule has 0 bridgehead atoms. The van der Waals surface area contributed by atoms with E-state index in [-0.39, 0.29) is 62.7 Å². The monoisotopic (exact) mass is 978 g/mol. The summed E-state index contributed by atoms with van der Waals surface area (Å²) < 4.78 is 1.50. The Morgan fingerprint density at radius 3 is 1.55 bits per heavy atom. The van der Waals surface area contributed by atoms with Gasteiger partial charge in [0.25, 0.3) is 0 Å². The van der Waals surface area contributed by atoms with E-state index in [0.717, 1.165) is 30.3 Å². The molecule has 0 heterocycles. The Labute approximate surface area is 381 Å². The van der Waals surface area contributed by atoms with Crippen LogP contribution in [0.1, 0.15) is 124 Å². The zero-order valence-corrected chi connectivity index (χ0v) is 42.2.